The quantitative estimate of drug-likeness (QED) is 0.471. The number of rotatable bonds is 7. The van der Waals surface area contributed by atoms with Gasteiger partial charge in [0, 0.05) is 13.1 Å². The lowest BCUT2D eigenvalue weighted by molar-refractivity contribution is 0.0301. The number of amides is 1. The lowest BCUT2D eigenvalue weighted by Gasteiger charge is -2.27. The number of nitrogens with one attached hydrogen (secondary N) is 2. The fourth-order valence-electron chi connectivity index (χ4n) is 3.43. The first-order valence-corrected chi connectivity index (χ1v) is 10.9. The summed E-state index contributed by atoms with van der Waals surface area (Å²) in [5, 5.41) is 17.2. The fraction of sp³-hybridized carbons (Fsp3) is 0.381. The van der Waals surface area contributed by atoms with Gasteiger partial charge in [-0.1, -0.05) is 13.0 Å². The molecule has 1 amide bonds. The second-order valence-electron chi connectivity index (χ2n) is 7.25. The van der Waals surface area contributed by atoms with Crippen LogP contribution in [-0.4, -0.2) is 51.0 Å². The number of anilines is 3. The number of aromatic hydroxyl groups is 1. The summed E-state index contributed by atoms with van der Waals surface area (Å²) in [5.74, 6) is 2.34. The SMILES string of the molecule is CC[C@@H](Nc1nsnc1Nc1cccc(C(=O)N2CCOCC2)c1O)c1ccc(C)o1. The van der Waals surface area contributed by atoms with Crippen LogP contribution in [-0.2, 0) is 4.74 Å². The van der Waals surface area contributed by atoms with Crippen LogP contribution in [0.15, 0.2) is 34.7 Å². The number of morpholine rings is 1. The van der Waals surface area contributed by atoms with Crippen molar-refractivity contribution in [3.8, 4) is 5.75 Å². The van der Waals surface area contributed by atoms with Crippen molar-refractivity contribution in [1.82, 2.24) is 13.6 Å². The maximum atomic E-state index is 12.8. The summed E-state index contributed by atoms with van der Waals surface area (Å²) in [5.41, 5.74) is 0.624. The molecule has 0 radical (unpaired) electrons. The molecule has 1 saturated heterocycles. The summed E-state index contributed by atoms with van der Waals surface area (Å²) in [4.78, 5) is 14.5. The Morgan fingerprint density at radius 2 is 2.00 bits per heavy atom. The van der Waals surface area contributed by atoms with Gasteiger partial charge in [-0.05, 0) is 37.6 Å². The van der Waals surface area contributed by atoms with Crippen LogP contribution < -0.4 is 10.6 Å². The topological polar surface area (TPSA) is 113 Å². The highest BCUT2D eigenvalue weighted by Gasteiger charge is 2.23. The summed E-state index contributed by atoms with van der Waals surface area (Å²) in [6.07, 6.45) is 0.790. The van der Waals surface area contributed by atoms with Crippen LogP contribution in [0.2, 0.25) is 0 Å². The molecule has 164 valence electrons. The molecule has 0 saturated carbocycles. The third-order valence-electron chi connectivity index (χ3n) is 5.13. The predicted molar refractivity (Wildman–Crippen MR) is 118 cm³/mol. The summed E-state index contributed by atoms with van der Waals surface area (Å²) in [6, 6.07) is 8.83. The fourth-order valence-corrected chi connectivity index (χ4v) is 3.90. The highest BCUT2D eigenvalue weighted by Crippen LogP contribution is 2.34. The maximum Gasteiger partial charge on any atom is 0.257 e. The van der Waals surface area contributed by atoms with Crippen molar-refractivity contribution >= 4 is 35.0 Å². The number of aryl methyl sites for hydroxylation is 1. The molecule has 0 spiro atoms. The third kappa shape index (κ3) is 4.64. The van der Waals surface area contributed by atoms with Gasteiger partial charge < -0.3 is 29.8 Å². The summed E-state index contributed by atoms with van der Waals surface area (Å²) in [6.45, 7) is 5.96. The largest absolute Gasteiger partial charge is 0.505 e. The van der Waals surface area contributed by atoms with E-state index in [2.05, 4.69) is 26.3 Å². The molecule has 10 heteroatoms. The van der Waals surface area contributed by atoms with Crippen molar-refractivity contribution in [2.45, 2.75) is 26.3 Å². The Labute approximate surface area is 184 Å². The number of carbonyl (C=O) groups excluding carboxylic acids is 1. The van der Waals surface area contributed by atoms with E-state index in [9.17, 15) is 9.90 Å². The Kier molecular flexibility index (Phi) is 6.38. The molecular formula is C21H25N5O4S. The van der Waals surface area contributed by atoms with Gasteiger partial charge in [0.15, 0.2) is 17.4 Å². The van der Waals surface area contributed by atoms with E-state index < -0.39 is 0 Å². The van der Waals surface area contributed by atoms with Gasteiger partial charge in [-0.15, -0.1) is 0 Å². The van der Waals surface area contributed by atoms with Gasteiger partial charge in [0.1, 0.15) is 11.5 Å². The monoisotopic (exact) mass is 443 g/mol. The molecule has 2 aromatic heterocycles. The smallest absolute Gasteiger partial charge is 0.257 e. The lowest BCUT2D eigenvalue weighted by atomic mass is 10.1. The van der Waals surface area contributed by atoms with E-state index in [0.717, 1.165) is 29.7 Å². The zero-order valence-electron chi connectivity index (χ0n) is 17.4. The zero-order chi connectivity index (χ0) is 21.8. The first-order chi connectivity index (χ1) is 15.1. The molecule has 1 aromatic carbocycles. The normalized spacial score (nSPS) is 15.0. The van der Waals surface area contributed by atoms with Gasteiger partial charge in [-0.2, -0.15) is 8.75 Å². The number of ether oxygens (including phenoxy) is 1. The third-order valence-corrected chi connectivity index (χ3v) is 5.66. The average molecular weight is 444 g/mol. The lowest BCUT2D eigenvalue weighted by Crippen LogP contribution is -2.40. The first-order valence-electron chi connectivity index (χ1n) is 10.2. The van der Waals surface area contributed by atoms with Gasteiger partial charge in [0.25, 0.3) is 5.91 Å². The van der Waals surface area contributed by atoms with Crippen LogP contribution in [0.4, 0.5) is 17.3 Å². The summed E-state index contributed by atoms with van der Waals surface area (Å²) < 4.78 is 19.7. The minimum atomic E-state index is -0.224. The summed E-state index contributed by atoms with van der Waals surface area (Å²) >= 11 is 1.05. The van der Waals surface area contributed by atoms with Gasteiger partial charge in [-0.25, -0.2) is 0 Å². The Morgan fingerprint density at radius 3 is 2.71 bits per heavy atom. The maximum absolute atomic E-state index is 12.8. The number of para-hydroxylation sites is 1. The van der Waals surface area contributed by atoms with Crippen molar-refractivity contribution < 1.29 is 19.1 Å². The Balaban J connectivity index is 1.53. The summed E-state index contributed by atoms with van der Waals surface area (Å²) in [7, 11) is 0. The Hall–Kier alpha value is -3.11. The molecule has 4 rings (SSSR count). The molecule has 1 aliphatic heterocycles. The second-order valence-corrected chi connectivity index (χ2v) is 7.77. The van der Waals surface area contributed by atoms with Gasteiger partial charge in [-0.3, -0.25) is 4.79 Å². The molecule has 3 aromatic rings. The Bertz CT molecular complexity index is 1040. The predicted octanol–water partition coefficient (Wildman–Crippen LogP) is 3.92. The molecule has 0 unspecified atom stereocenters. The van der Waals surface area contributed by atoms with Crippen molar-refractivity contribution in [2.75, 3.05) is 36.9 Å². The van der Waals surface area contributed by atoms with Crippen molar-refractivity contribution in [2.24, 2.45) is 0 Å². The van der Waals surface area contributed by atoms with E-state index >= 15 is 0 Å². The standard InChI is InChI=1S/C21H25N5O4S/c1-3-15(17-8-7-13(2)30-17)22-19-20(25-31-24-19)23-16-6-4-5-14(18(16)27)21(28)26-9-11-29-12-10-26/h4-8,15,27H,3,9-12H2,1-2H3,(H,22,24)(H,23,25)/t15-/m1/s1. The van der Waals surface area contributed by atoms with E-state index in [4.69, 9.17) is 9.15 Å². The van der Waals surface area contributed by atoms with Gasteiger partial charge in [0.2, 0.25) is 0 Å². The van der Waals surface area contributed by atoms with Crippen molar-refractivity contribution in [3.05, 3.63) is 47.4 Å². The molecule has 1 aliphatic rings. The number of hydrogen-bond acceptors (Lipinski definition) is 9. The number of benzene rings is 1. The van der Waals surface area contributed by atoms with Crippen LogP contribution in [0, 0.1) is 6.92 Å². The van der Waals surface area contributed by atoms with Crippen LogP contribution in [0.5, 0.6) is 5.75 Å². The number of hydrogen-bond donors (Lipinski definition) is 3. The average Bonchev–Trinajstić information content (AvgIpc) is 3.42. The van der Waals surface area contributed by atoms with E-state index in [1.807, 2.05) is 19.1 Å². The van der Waals surface area contributed by atoms with E-state index in [0.29, 0.717) is 43.6 Å². The van der Waals surface area contributed by atoms with Crippen LogP contribution >= 0.6 is 11.7 Å². The number of carbonyl (C=O) groups is 1. The van der Waals surface area contributed by atoms with Gasteiger partial charge >= 0.3 is 0 Å². The molecule has 31 heavy (non-hydrogen) atoms. The van der Waals surface area contributed by atoms with Crippen LogP contribution in [0.3, 0.4) is 0 Å². The van der Waals surface area contributed by atoms with Crippen molar-refractivity contribution in [1.29, 1.82) is 0 Å². The number of phenols is 1. The molecule has 3 N–H and O–H groups in total. The van der Waals surface area contributed by atoms with E-state index in [1.54, 1.807) is 23.1 Å². The minimum absolute atomic E-state index is 0.0685. The number of phenolic OH excluding ortho intramolecular Hbond substituents is 1. The number of aromatic nitrogens is 2. The molecule has 9 nitrogen and oxygen atoms in total. The van der Waals surface area contributed by atoms with E-state index in [-0.39, 0.29) is 23.3 Å². The van der Waals surface area contributed by atoms with Crippen molar-refractivity contribution in [3.63, 3.8) is 0 Å². The molecule has 1 fully saturated rings. The molecule has 0 bridgehead atoms. The zero-order valence-corrected chi connectivity index (χ0v) is 18.2. The number of furan rings is 1. The van der Waals surface area contributed by atoms with E-state index in [1.165, 1.54) is 0 Å². The molecule has 0 aliphatic carbocycles. The first kappa shape index (κ1) is 21.1. The molecule has 3 heterocycles. The molecular weight excluding hydrogens is 418 g/mol. The number of nitrogens with zero attached hydrogens (tertiary/aromatic N) is 3. The second kappa shape index (κ2) is 9.36. The highest BCUT2D eigenvalue weighted by atomic mass is 32.1. The van der Waals surface area contributed by atoms with Crippen LogP contribution in [0.1, 0.15) is 41.3 Å². The minimum Gasteiger partial charge on any atom is -0.505 e. The molecule has 1 atom stereocenters. The highest BCUT2D eigenvalue weighted by molar-refractivity contribution is 6.99. The van der Waals surface area contributed by atoms with Gasteiger partial charge in [0.05, 0.1) is 42.2 Å². The van der Waals surface area contributed by atoms with Crippen LogP contribution in [0.25, 0.3) is 0 Å². The Morgan fingerprint density at radius 1 is 1.23 bits per heavy atom.